The summed E-state index contributed by atoms with van der Waals surface area (Å²) in [5.41, 5.74) is 2.07. The van der Waals surface area contributed by atoms with Crippen LogP contribution < -0.4 is 4.90 Å². The van der Waals surface area contributed by atoms with Crippen molar-refractivity contribution in [2.45, 2.75) is 30.9 Å². The van der Waals surface area contributed by atoms with E-state index in [1.165, 1.54) is 0 Å². The van der Waals surface area contributed by atoms with Gasteiger partial charge in [-0.3, -0.25) is 0 Å². The molecular weight excluding hydrogens is 366 g/mol. The third-order valence-corrected chi connectivity index (χ3v) is 5.56. The molecule has 0 saturated carbocycles. The number of piperazine rings is 1. The van der Waals surface area contributed by atoms with Gasteiger partial charge in [-0.05, 0) is 55.6 Å². The summed E-state index contributed by atoms with van der Waals surface area (Å²) < 4.78 is 2.32. The molecule has 2 atom stereocenters. The number of aliphatic hydroxyl groups is 1. The number of nitrogens with zero attached hydrogens (tertiary/aromatic N) is 3. The van der Waals surface area contributed by atoms with Crippen LogP contribution in [0.25, 0.3) is 0 Å². The van der Waals surface area contributed by atoms with Crippen LogP contribution in [0.15, 0.2) is 47.5 Å². The summed E-state index contributed by atoms with van der Waals surface area (Å²) in [6, 6.07) is 12.0. The van der Waals surface area contributed by atoms with E-state index >= 15 is 0 Å². The Morgan fingerprint density at radius 2 is 2.00 bits per heavy atom. The standard InChI is InChI=1S/C20H22ClN3OS/c1-3-4-18-14-23(26-19-9-10-20(21)22-13-19)11-12-24(18)17-7-5-16(6-8-17)15(2)25/h5-10,13,15,18,25H,11-12,14H2,1-2H3. The molecule has 1 saturated heterocycles. The van der Waals surface area contributed by atoms with Crippen molar-refractivity contribution in [2.24, 2.45) is 0 Å². The molecule has 4 nitrogen and oxygen atoms in total. The lowest BCUT2D eigenvalue weighted by molar-refractivity contribution is 0.199. The molecule has 3 rings (SSSR count). The number of hydrogen-bond donors (Lipinski definition) is 1. The number of anilines is 1. The number of hydrogen-bond acceptors (Lipinski definition) is 5. The van der Waals surface area contributed by atoms with Crippen molar-refractivity contribution in [2.75, 3.05) is 24.5 Å². The second-order valence-corrected chi connectivity index (χ2v) is 7.72. The Bertz CT molecular complexity index is 783. The quantitative estimate of drug-likeness (QED) is 0.487. The minimum Gasteiger partial charge on any atom is -0.389 e. The summed E-state index contributed by atoms with van der Waals surface area (Å²) in [5.74, 6) is 6.39. The number of pyridine rings is 1. The molecule has 0 radical (unpaired) electrons. The van der Waals surface area contributed by atoms with E-state index in [0.717, 1.165) is 35.8 Å². The molecule has 2 heterocycles. The first-order valence-corrected chi connectivity index (χ1v) is 9.73. The van der Waals surface area contributed by atoms with Crippen molar-refractivity contribution < 1.29 is 5.11 Å². The molecule has 0 spiro atoms. The zero-order chi connectivity index (χ0) is 18.5. The van der Waals surface area contributed by atoms with E-state index in [-0.39, 0.29) is 6.04 Å². The van der Waals surface area contributed by atoms with Crippen LogP contribution in [0.4, 0.5) is 5.69 Å². The zero-order valence-electron chi connectivity index (χ0n) is 14.9. The van der Waals surface area contributed by atoms with Gasteiger partial charge in [-0.2, -0.15) is 0 Å². The molecule has 1 N–H and O–H groups in total. The highest BCUT2D eigenvalue weighted by atomic mass is 35.5. The highest BCUT2D eigenvalue weighted by Gasteiger charge is 2.26. The topological polar surface area (TPSA) is 39.6 Å². The number of aliphatic hydroxyl groups excluding tert-OH is 1. The summed E-state index contributed by atoms with van der Waals surface area (Å²) in [7, 11) is 0. The van der Waals surface area contributed by atoms with Crippen LogP contribution in [0, 0.1) is 11.8 Å². The van der Waals surface area contributed by atoms with Gasteiger partial charge in [-0.1, -0.05) is 29.7 Å². The van der Waals surface area contributed by atoms with Crippen molar-refractivity contribution in [3.63, 3.8) is 0 Å². The molecule has 0 aliphatic carbocycles. The lowest BCUT2D eigenvalue weighted by atomic mass is 10.1. The van der Waals surface area contributed by atoms with Gasteiger partial charge in [0.2, 0.25) is 0 Å². The van der Waals surface area contributed by atoms with Gasteiger partial charge in [0.15, 0.2) is 0 Å². The number of rotatable bonds is 4. The fourth-order valence-corrected chi connectivity index (χ4v) is 3.98. The fourth-order valence-electron chi connectivity index (χ4n) is 2.95. The van der Waals surface area contributed by atoms with E-state index in [9.17, 15) is 5.11 Å². The van der Waals surface area contributed by atoms with Crippen molar-refractivity contribution in [1.29, 1.82) is 0 Å². The van der Waals surface area contributed by atoms with E-state index < -0.39 is 6.10 Å². The minimum atomic E-state index is -0.448. The molecule has 1 fully saturated rings. The summed E-state index contributed by atoms with van der Waals surface area (Å²) in [5, 5.41) is 10.2. The Morgan fingerprint density at radius 3 is 2.62 bits per heavy atom. The van der Waals surface area contributed by atoms with Gasteiger partial charge >= 0.3 is 0 Å². The number of benzene rings is 1. The number of halogens is 1. The maximum Gasteiger partial charge on any atom is 0.129 e. The van der Waals surface area contributed by atoms with E-state index in [4.69, 9.17) is 11.6 Å². The first kappa shape index (κ1) is 19.1. The highest BCUT2D eigenvalue weighted by molar-refractivity contribution is 7.97. The lowest BCUT2D eigenvalue weighted by Gasteiger charge is -2.40. The molecule has 0 amide bonds. The largest absolute Gasteiger partial charge is 0.389 e. The molecule has 1 aliphatic heterocycles. The first-order chi connectivity index (χ1) is 12.6. The molecular formula is C20H22ClN3OS. The van der Waals surface area contributed by atoms with Gasteiger partial charge in [0, 0.05) is 36.4 Å². The summed E-state index contributed by atoms with van der Waals surface area (Å²) in [6.07, 6.45) is 1.35. The molecule has 1 aliphatic rings. The average Bonchev–Trinajstić information content (AvgIpc) is 2.64. The normalized spacial score (nSPS) is 18.9. The predicted molar refractivity (Wildman–Crippen MR) is 108 cm³/mol. The van der Waals surface area contributed by atoms with Crippen molar-refractivity contribution in [3.05, 3.63) is 53.3 Å². The molecule has 26 heavy (non-hydrogen) atoms. The van der Waals surface area contributed by atoms with Crippen molar-refractivity contribution >= 4 is 29.2 Å². The van der Waals surface area contributed by atoms with E-state index in [1.54, 1.807) is 25.1 Å². The summed E-state index contributed by atoms with van der Waals surface area (Å²) in [4.78, 5) is 7.55. The highest BCUT2D eigenvalue weighted by Crippen LogP contribution is 2.29. The fraction of sp³-hybridized carbons (Fsp3) is 0.350. The molecule has 1 aromatic heterocycles. The van der Waals surface area contributed by atoms with Crippen molar-refractivity contribution in [1.82, 2.24) is 9.29 Å². The first-order valence-electron chi connectivity index (χ1n) is 8.58. The molecule has 0 bridgehead atoms. The zero-order valence-corrected chi connectivity index (χ0v) is 16.5. The van der Waals surface area contributed by atoms with Gasteiger partial charge in [-0.25, -0.2) is 9.29 Å². The van der Waals surface area contributed by atoms with Crippen LogP contribution in [0.2, 0.25) is 5.15 Å². The predicted octanol–water partition coefficient (Wildman–Crippen LogP) is 4.01. The van der Waals surface area contributed by atoms with Crippen molar-refractivity contribution in [3.8, 4) is 11.8 Å². The number of aromatic nitrogens is 1. The second kappa shape index (κ2) is 8.79. The third-order valence-electron chi connectivity index (χ3n) is 4.30. The van der Waals surface area contributed by atoms with E-state index in [1.807, 2.05) is 31.2 Å². The molecule has 136 valence electrons. The van der Waals surface area contributed by atoms with Gasteiger partial charge in [0.1, 0.15) is 11.2 Å². The van der Waals surface area contributed by atoms with Gasteiger partial charge in [-0.15, -0.1) is 5.92 Å². The SMILES string of the molecule is CC#CC1CN(Sc2ccc(Cl)nc2)CCN1c1ccc(C(C)O)cc1. The Balaban J connectivity index is 1.71. The Hall–Kier alpha value is -1.71. The maximum atomic E-state index is 9.69. The van der Waals surface area contributed by atoms with Crippen LogP contribution in [0.5, 0.6) is 0 Å². The maximum absolute atomic E-state index is 9.69. The second-order valence-electron chi connectivity index (χ2n) is 6.17. The summed E-state index contributed by atoms with van der Waals surface area (Å²) >= 11 is 7.55. The van der Waals surface area contributed by atoms with Gasteiger partial charge in [0.05, 0.1) is 6.10 Å². The van der Waals surface area contributed by atoms with Crippen LogP contribution in [-0.2, 0) is 0 Å². The van der Waals surface area contributed by atoms with Gasteiger partial charge in [0.25, 0.3) is 0 Å². The Labute approximate surface area is 164 Å². The third kappa shape index (κ3) is 4.72. The Kier molecular flexibility index (Phi) is 6.44. The van der Waals surface area contributed by atoms with Crippen LogP contribution in [0.1, 0.15) is 25.5 Å². The molecule has 1 aromatic carbocycles. The monoisotopic (exact) mass is 387 g/mol. The van der Waals surface area contributed by atoms with Gasteiger partial charge < -0.3 is 10.0 Å². The molecule has 6 heteroatoms. The molecule has 2 unspecified atom stereocenters. The minimum absolute atomic E-state index is 0.124. The lowest BCUT2D eigenvalue weighted by Crippen LogP contribution is -2.50. The van der Waals surface area contributed by atoms with E-state index in [2.05, 4.69) is 38.2 Å². The summed E-state index contributed by atoms with van der Waals surface area (Å²) in [6.45, 7) is 6.31. The molecule has 2 aromatic rings. The van der Waals surface area contributed by atoms with Crippen LogP contribution in [0.3, 0.4) is 0 Å². The smallest absolute Gasteiger partial charge is 0.129 e. The van der Waals surface area contributed by atoms with E-state index in [0.29, 0.717) is 5.15 Å². The average molecular weight is 388 g/mol. The Morgan fingerprint density at radius 1 is 1.23 bits per heavy atom. The van der Waals surface area contributed by atoms with Crippen LogP contribution >= 0.6 is 23.5 Å². The van der Waals surface area contributed by atoms with Crippen LogP contribution in [-0.4, -0.2) is 40.1 Å².